The maximum absolute atomic E-state index is 5.00. The van der Waals surface area contributed by atoms with Gasteiger partial charge in [0, 0.05) is 0 Å². The third-order valence-electron chi connectivity index (χ3n) is 2.68. The molecule has 0 spiro atoms. The van der Waals surface area contributed by atoms with Gasteiger partial charge in [-0.1, -0.05) is 72.1 Å². The molecule has 0 saturated heterocycles. The van der Waals surface area contributed by atoms with Crippen LogP contribution in [0.4, 0.5) is 0 Å². The Bertz CT molecular complexity index is 115. The molecule has 0 bridgehead atoms. The SMILES string of the molecule is CCCCCCCCCCCC[PH2]=S. The lowest BCUT2D eigenvalue weighted by Gasteiger charge is -2.00. The highest BCUT2D eigenvalue weighted by atomic mass is 32.4. The zero-order chi connectivity index (χ0) is 10.5. The summed E-state index contributed by atoms with van der Waals surface area (Å²) in [5, 5.41) is 0. The van der Waals surface area contributed by atoms with Crippen LogP contribution in [0.15, 0.2) is 0 Å². The average molecular weight is 234 g/mol. The summed E-state index contributed by atoms with van der Waals surface area (Å²) in [6, 6.07) is 0. The largest absolute Gasteiger partial charge is 0.104 e. The lowest BCUT2D eigenvalue weighted by Crippen LogP contribution is -1.82. The van der Waals surface area contributed by atoms with Gasteiger partial charge in [0.1, 0.15) is 0 Å². The van der Waals surface area contributed by atoms with E-state index in [4.69, 9.17) is 11.8 Å². The quantitative estimate of drug-likeness (QED) is 0.366. The van der Waals surface area contributed by atoms with Gasteiger partial charge in [-0.25, -0.2) is 0 Å². The van der Waals surface area contributed by atoms with E-state index in [1.54, 1.807) is 0 Å². The van der Waals surface area contributed by atoms with Crippen molar-refractivity contribution in [1.29, 1.82) is 0 Å². The highest BCUT2D eigenvalue weighted by Crippen LogP contribution is 2.11. The van der Waals surface area contributed by atoms with Crippen molar-refractivity contribution >= 4 is 19.2 Å². The Labute approximate surface area is 96.7 Å². The van der Waals surface area contributed by atoms with Gasteiger partial charge in [0.25, 0.3) is 0 Å². The van der Waals surface area contributed by atoms with Crippen molar-refractivity contribution < 1.29 is 0 Å². The Balaban J connectivity index is 2.81. The molecule has 0 N–H and O–H groups in total. The maximum Gasteiger partial charge on any atom is -0.0286 e. The first-order valence-electron chi connectivity index (χ1n) is 6.35. The lowest BCUT2D eigenvalue weighted by molar-refractivity contribution is 0.563. The smallest absolute Gasteiger partial charge is 0.0286 e. The van der Waals surface area contributed by atoms with Crippen molar-refractivity contribution in [2.45, 2.75) is 71.1 Å². The molecule has 0 nitrogen and oxygen atoms in total. The molecule has 14 heavy (non-hydrogen) atoms. The van der Waals surface area contributed by atoms with Gasteiger partial charge < -0.3 is 0 Å². The second-order valence-corrected chi connectivity index (χ2v) is 6.05. The minimum absolute atomic E-state index is 0.348. The molecule has 0 heterocycles. The van der Waals surface area contributed by atoms with Crippen LogP contribution >= 0.6 is 7.36 Å². The fraction of sp³-hybridized carbons (Fsp3) is 1.00. The lowest BCUT2D eigenvalue weighted by atomic mass is 10.1. The van der Waals surface area contributed by atoms with E-state index in [-0.39, 0.29) is 0 Å². The van der Waals surface area contributed by atoms with Gasteiger partial charge in [-0.05, 0) is 12.6 Å². The standard InChI is InChI=1S/C12H27PS/c1-2-3-4-5-6-7-8-9-10-11-12-13-14/h2-13H2,1H3. The summed E-state index contributed by atoms with van der Waals surface area (Å²) in [5.74, 6) is 0. The van der Waals surface area contributed by atoms with Gasteiger partial charge in [0.15, 0.2) is 0 Å². The van der Waals surface area contributed by atoms with Gasteiger partial charge in [-0.2, -0.15) is 0 Å². The molecule has 0 radical (unpaired) electrons. The molecule has 0 rings (SSSR count). The molecular formula is C12H27PS. The highest BCUT2D eigenvalue weighted by molar-refractivity contribution is 7.96. The molecule has 0 amide bonds. The van der Waals surface area contributed by atoms with E-state index in [1.807, 2.05) is 0 Å². The maximum atomic E-state index is 5.00. The van der Waals surface area contributed by atoms with Gasteiger partial charge >= 0.3 is 0 Å². The van der Waals surface area contributed by atoms with Crippen LogP contribution in [0.3, 0.4) is 0 Å². The average Bonchev–Trinajstić information content (AvgIpc) is 2.21. The summed E-state index contributed by atoms with van der Waals surface area (Å²) in [6.45, 7) is 2.28. The Kier molecular flexibility index (Phi) is 14.3. The van der Waals surface area contributed by atoms with Gasteiger partial charge in [-0.15, -0.1) is 11.8 Å². The molecule has 0 aromatic carbocycles. The topological polar surface area (TPSA) is 0 Å². The summed E-state index contributed by atoms with van der Waals surface area (Å²) in [7, 11) is 0.348. The number of rotatable bonds is 11. The third kappa shape index (κ3) is 12.7. The first-order chi connectivity index (χ1) is 6.91. The zero-order valence-electron chi connectivity index (χ0n) is 9.76. The van der Waals surface area contributed by atoms with Crippen LogP contribution in [0, 0.1) is 0 Å². The number of hydrogen-bond donors (Lipinski definition) is 0. The fourth-order valence-corrected chi connectivity index (χ4v) is 2.67. The molecule has 0 aromatic rings. The molecule has 0 fully saturated rings. The summed E-state index contributed by atoms with van der Waals surface area (Å²) >= 11 is 5.00. The van der Waals surface area contributed by atoms with Crippen LogP contribution in [0.2, 0.25) is 0 Å². The van der Waals surface area contributed by atoms with E-state index in [0.717, 1.165) is 0 Å². The van der Waals surface area contributed by atoms with Crippen molar-refractivity contribution in [1.82, 2.24) is 0 Å². The molecule has 0 aliphatic carbocycles. The van der Waals surface area contributed by atoms with Crippen LogP contribution in [-0.4, -0.2) is 6.16 Å². The van der Waals surface area contributed by atoms with E-state index < -0.39 is 0 Å². The van der Waals surface area contributed by atoms with Crippen LogP contribution in [0.5, 0.6) is 0 Å². The first kappa shape index (κ1) is 14.6. The monoisotopic (exact) mass is 234 g/mol. The predicted octanol–water partition coefficient (Wildman–Crippen LogP) is 4.78. The van der Waals surface area contributed by atoms with Crippen LogP contribution in [-0.2, 0) is 11.8 Å². The second-order valence-electron chi connectivity index (χ2n) is 4.14. The van der Waals surface area contributed by atoms with Crippen LogP contribution in [0.25, 0.3) is 0 Å². The zero-order valence-corrected chi connectivity index (χ0v) is 11.7. The van der Waals surface area contributed by atoms with Gasteiger partial charge in [-0.3, -0.25) is 0 Å². The van der Waals surface area contributed by atoms with Crippen molar-refractivity contribution in [3.63, 3.8) is 0 Å². The van der Waals surface area contributed by atoms with Gasteiger partial charge in [0.2, 0.25) is 0 Å². The molecule has 1 unspecified atom stereocenters. The van der Waals surface area contributed by atoms with E-state index in [9.17, 15) is 0 Å². The molecule has 2 heteroatoms. The first-order valence-corrected chi connectivity index (χ1v) is 9.05. The Morgan fingerprint density at radius 1 is 0.714 bits per heavy atom. The highest BCUT2D eigenvalue weighted by Gasteiger charge is 1.91. The molecule has 0 aromatic heterocycles. The minimum atomic E-state index is 0.348. The predicted molar refractivity (Wildman–Crippen MR) is 73.8 cm³/mol. The summed E-state index contributed by atoms with van der Waals surface area (Å²) < 4.78 is 0. The molecule has 0 saturated carbocycles. The number of unbranched alkanes of at least 4 members (excludes halogenated alkanes) is 9. The van der Waals surface area contributed by atoms with E-state index in [0.29, 0.717) is 7.36 Å². The Morgan fingerprint density at radius 3 is 1.57 bits per heavy atom. The Morgan fingerprint density at radius 2 is 1.14 bits per heavy atom. The van der Waals surface area contributed by atoms with Gasteiger partial charge in [0.05, 0.1) is 0 Å². The van der Waals surface area contributed by atoms with E-state index in [1.165, 1.54) is 70.4 Å². The summed E-state index contributed by atoms with van der Waals surface area (Å²) in [4.78, 5) is 0. The summed E-state index contributed by atoms with van der Waals surface area (Å²) in [6.07, 6.45) is 15.7. The molecule has 0 aliphatic rings. The second kappa shape index (κ2) is 13.7. The van der Waals surface area contributed by atoms with Crippen molar-refractivity contribution in [2.24, 2.45) is 0 Å². The van der Waals surface area contributed by atoms with Crippen molar-refractivity contribution in [3.05, 3.63) is 0 Å². The Hall–Kier alpha value is 0.650. The van der Waals surface area contributed by atoms with E-state index >= 15 is 0 Å². The molecule has 86 valence electrons. The normalized spacial score (nSPS) is 11.5. The van der Waals surface area contributed by atoms with Crippen molar-refractivity contribution in [3.8, 4) is 0 Å². The van der Waals surface area contributed by atoms with Crippen LogP contribution in [0.1, 0.15) is 71.1 Å². The molecule has 1 atom stereocenters. The minimum Gasteiger partial charge on any atom is -0.104 e. The van der Waals surface area contributed by atoms with Crippen molar-refractivity contribution in [2.75, 3.05) is 6.16 Å². The number of hydrogen-bond acceptors (Lipinski definition) is 1. The van der Waals surface area contributed by atoms with Crippen LogP contribution < -0.4 is 0 Å². The fourth-order valence-electron chi connectivity index (χ4n) is 1.72. The van der Waals surface area contributed by atoms with E-state index in [2.05, 4.69) is 6.92 Å². The third-order valence-corrected chi connectivity index (χ3v) is 4.03. The molecule has 0 aliphatic heterocycles. The molecular weight excluding hydrogens is 207 g/mol. The summed E-state index contributed by atoms with van der Waals surface area (Å²) in [5.41, 5.74) is 0.